The van der Waals surface area contributed by atoms with Gasteiger partial charge in [0.05, 0.1) is 5.69 Å². The van der Waals surface area contributed by atoms with Crippen LogP contribution in [0.5, 0.6) is 0 Å². The molecule has 0 unspecified atom stereocenters. The molecule has 0 aliphatic carbocycles. The van der Waals surface area contributed by atoms with Crippen LogP contribution in [0.2, 0.25) is 0 Å². The van der Waals surface area contributed by atoms with Gasteiger partial charge < -0.3 is 14.8 Å². The molecule has 0 amide bonds. The average molecular weight is 224 g/mol. The summed E-state index contributed by atoms with van der Waals surface area (Å²) in [7, 11) is 4.18. The Bertz CT molecular complexity index is 304. The highest BCUT2D eigenvalue weighted by molar-refractivity contribution is 5.28. The summed E-state index contributed by atoms with van der Waals surface area (Å²) >= 11 is 0. The van der Waals surface area contributed by atoms with E-state index >= 15 is 0 Å². The van der Waals surface area contributed by atoms with Gasteiger partial charge in [0.2, 0.25) is 5.95 Å². The maximum Gasteiger partial charge on any atom is 0.203 e. The van der Waals surface area contributed by atoms with Crippen LogP contribution in [0.4, 0.5) is 5.95 Å². The van der Waals surface area contributed by atoms with Gasteiger partial charge in [0, 0.05) is 25.8 Å². The second kappa shape index (κ2) is 6.53. The molecule has 1 rings (SSSR count). The average Bonchev–Trinajstić information content (AvgIpc) is 2.56. The largest absolute Gasteiger partial charge is 0.356 e. The summed E-state index contributed by atoms with van der Waals surface area (Å²) in [6, 6.07) is 0. The summed E-state index contributed by atoms with van der Waals surface area (Å²) in [5.41, 5.74) is 1.08. The second-order valence-electron chi connectivity index (χ2n) is 4.48. The minimum Gasteiger partial charge on any atom is -0.356 e. The van der Waals surface area contributed by atoms with E-state index in [1.807, 2.05) is 6.92 Å². The van der Waals surface area contributed by atoms with Gasteiger partial charge in [0.25, 0.3) is 0 Å². The number of aromatic nitrogens is 2. The Morgan fingerprint density at radius 3 is 2.81 bits per heavy atom. The Hall–Kier alpha value is -1.03. The zero-order valence-corrected chi connectivity index (χ0v) is 11.0. The van der Waals surface area contributed by atoms with Crippen LogP contribution < -0.4 is 5.32 Å². The number of nitrogens with one attached hydrogen (secondary N) is 1. The number of rotatable bonds is 7. The summed E-state index contributed by atoms with van der Waals surface area (Å²) in [5, 5.41) is 3.39. The number of unbranched alkanes of at least 4 members (excludes halogenated alkanes) is 1. The number of anilines is 1. The lowest BCUT2D eigenvalue weighted by atomic mass is 10.3. The number of nitrogens with zero attached hydrogens (tertiary/aromatic N) is 3. The molecular formula is C12H24N4. The van der Waals surface area contributed by atoms with Gasteiger partial charge in [-0.1, -0.05) is 13.3 Å². The highest BCUT2D eigenvalue weighted by Crippen LogP contribution is 2.08. The number of hydrogen-bond acceptors (Lipinski definition) is 3. The normalized spacial score (nSPS) is 11.1. The van der Waals surface area contributed by atoms with Gasteiger partial charge in [-0.15, -0.1) is 0 Å². The van der Waals surface area contributed by atoms with E-state index in [9.17, 15) is 0 Å². The van der Waals surface area contributed by atoms with Crippen molar-refractivity contribution in [2.45, 2.75) is 33.2 Å². The first-order valence-corrected chi connectivity index (χ1v) is 6.06. The van der Waals surface area contributed by atoms with Crippen molar-refractivity contribution in [3.05, 3.63) is 11.9 Å². The van der Waals surface area contributed by atoms with Crippen molar-refractivity contribution in [3.8, 4) is 0 Å². The van der Waals surface area contributed by atoms with E-state index in [0.717, 1.165) is 31.3 Å². The van der Waals surface area contributed by atoms with Gasteiger partial charge in [-0.2, -0.15) is 0 Å². The Morgan fingerprint density at radius 2 is 2.19 bits per heavy atom. The van der Waals surface area contributed by atoms with Crippen LogP contribution in [0.1, 0.15) is 25.5 Å². The van der Waals surface area contributed by atoms with Crippen LogP contribution >= 0.6 is 0 Å². The number of aryl methyl sites for hydroxylation is 1. The molecule has 1 aromatic heterocycles. The fraction of sp³-hybridized carbons (Fsp3) is 0.750. The zero-order chi connectivity index (χ0) is 12.0. The molecule has 0 bridgehead atoms. The smallest absolute Gasteiger partial charge is 0.203 e. The van der Waals surface area contributed by atoms with E-state index in [1.54, 1.807) is 0 Å². The van der Waals surface area contributed by atoms with Crippen molar-refractivity contribution in [3.63, 3.8) is 0 Å². The van der Waals surface area contributed by atoms with Crippen LogP contribution in [0.15, 0.2) is 6.20 Å². The minimum atomic E-state index is 0.988. The summed E-state index contributed by atoms with van der Waals surface area (Å²) in [5.74, 6) is 1.01. The highest BCUT2D eigenvalue weighted by Gasteiger charge is 2.04. The van der Waals surface area contributed by atoms with Gasteiger partial charge in [0.1, 0.15) is 0 Å². The molecule has 16 heavy (non-hydrogen) atoms. The number of hydrogen-bond donors (Lipinski definition) is 1. The predicted molar refractivity (Wildman–Crippen MR) is 68.9 cm³/mol. The zero-order valence-electron chi connectivity index (χ0n) is 11.0. The molecule has 0 saturated carbocycles. The Labute approximate surface area is 98.7 Å². The van der Waals surface area contributed by atoms with E-state index < -0.39 is 0 Å². The topological polar surface area (TPSA) is 33.1 Å². The first-order valence-electron chi connectivity index (χ1n) is 6.06. The van der Waals surface area contributed by atoms with Gasteiger partial charge >= 0.3 is 0 Å². The van der Waals surface area contributed by atoms with Crippen molar-refractivity contribution in [1.82, 2.24) is 14.5 Å². The lowest BCUT2D eigenvalue weighted by Gasteiger charge is -2.12. The van der Waals surface area contributed by atoms with E-state index in [2.05, 4.69) is 47.0 Å². The maximum absolute atomic E-state index is 4.49. The Kier molecular flexibility index (Phi) is 5.32. The Morgan fingerprint density at radius 1 is 1.44 bits per heavy atom. The van der Waals surface area contributed by atoms with Crippen LogP contribution in [-0.2, 0) is 6.54 Å². The van der Waals surface area contributed by atoms with Crippen molar-refractivity contribution in [2.75, 3.05) is 32.5 Å². The van der Waals surface area contributed by atoms with E-state index in [1.165, 1.54) is 12.8 Å². The summed E-state index contributed by atoms with van der Waals surface area (Å²) in [6.45, 7) is 7.28. The minimum absolute atomic E-state index is 0.988. The molecule has 0 aliphatic rings. The molecule has 1 N–H and O–H groups in total. The highest BCUT2D eigenvalue weighted by atomic mass is 15.2. The third-order valence-electron chi connectivity index (χ3n) is 2.50. The molecule has 1 aromatic rings. The molecule has 4 nitrogen and oxygen atoms in total. The van der Waals surface area contributed by atoms with Crippen molar-refractivity contribution < 1.29 is 0 Å². The molecular weight excluding hydrogens is 200 g/mol. The number of likely N-dealkylation sites (N-methyl/N-ethyl adjacent to an activating group) is 1. The fourth-order valence-electron chi connectivity index (χ4n) is 1.54. The monoisotopic (exact) mass is 224 g/mol. The Balaban J connectivity index is 2.53. The van der Waals surface area contributed by atoms with Gasteiger partial charge in [-0.05, 0) is 27.4 Å². The molecule has 4 heteroatoms. The van der Waals surface area contributed by atoms with Crippen LogP contribution in [0.25, 0.3) is 0 Å². The molecule has 0 atom stereocenters. The van der Waals surface area contributed by atoms with Gasteiger partial charge in [0.15, 0.2) is 0 Å². The van der Waals surface area contributed by atoms with E-state index in [-0.39, 0.29) is 0 Å². The molecule has 0 saturated heterocycles. The predicted octanol–water partition coefficient (Wildman–Crippen LogP) is 1.97. The lowest BCUT2D eigenvalue weighted by Crippen LogP contribution is -2.19. The van der Waals surface area contributed by atoms with Gasteiger partial charge in [-0.3, -0.25) is 0 Å². The molecule has 0 radical (unpaired) electrons. The van der Waals surface area contributed by atoms with Gasteiger partial charge in [-0.25, -0.2) is 4.98 Å². The van der Waals surface area contributed by atoms with Crippen molar-refractivity contribution >= 4 is 5.95 Å². The van der Waals surface area contributed by atoms with E-state index in [4.69, 9.17) is 0 Å². The SMILES string of the molecule is CCCCNc1nc(C)cn1CCN(C)C. The molecule has 0 spiro atoms. The van der Waals surface area contributed by atoms with Crippen molar-refractivity contribution in [2.24, 2.45) is 0 Å². The third kappa shape index (κ3) is 4.23. The van der Waals surface area contributed by atoms with Crippen LogP contribution in [0, 0.1) is 6.92 Å². The molecule has 0 fully saturated rings. The molecule has 0 aromatic carbocycles. The van der Waals surface area contributed by atoms with E-state index in [0.29, 0.717) is 0 Å². The van der Waals surface area contributed by atoms with Crippen LogP contribution in [0.3, 0.4) is 0 Å². The molecule has 1 heterocycles. The maximum atomic E-state index is 4.49. The summed E-state index contributed by atoms with van der Waals surface area (Å²) in [4.78, 5) is 6.68. The quantitative estimate of drug-likeness (QED) is 0.719. The first-order chi connectivity index (χ1) is 7.63. The molecule has 0 aliphatic heterocycles. The summed E-state index contributed by atoms with van der Waals surface area (Å²) in [6.07, 6.45) is 4.52. The number of imidazole rings is 1. The third-order valence-corrected chi connectivity index (χ3v) is 2.50. The van der Waals surface area contributed by atoms with Crippen molar-refractivity contribution in [1.29, 1.82) is 0 Å². The lowest BCUT2D eigenvalue weighted by molar-refractivity contribution is 0.385. The fourth-order valence-corrected chi connectivity index (χ4v) is 1.54. The molecule has 92 valence electrons. The second-order valence-corrected chi connectivity index (χ2v) is 4.48. The first kappa shape index (κ1) is 13.0. The standard InChI is InChI=1S/C12H24N4/c1-5-6-7-13-12-14-11(2)10-16(12)9-8-15(3)4/h10H,5-9H2,1-4H3,(H,13,14). The summed E-state index contributed by atoms with van der Waals surface area (Å²) < 4.78 is 2.20. The van der Waals surface area contributed by atoms with Crippen LogP contribution in [-0.4, -0.2) is 41.6 Å².